The van der Waals surface area contributed by atoms with Crippen LogP contribution in [0.25, 0.3) is 0 Å². The monoisotopic (exact) mass is 345 g/mol. The maximum absolute atomic E-state index is 12.4. The van der Waals surface area contributed by atoms with Crippen LogP contribution in [0.1, 0.15) is 52.2 Å². The molecule has 0 aliphatic carbocycles. The largest absolute Gasteiger partial charge is 0.508 e. The smallest absolute Gasteiger partial charge is 0.229 e. The van der Waals surface area contributed by atoms with Gasteiger partial charge in [-0.2, -0.15) is 0 Å². The van der Waals surface area contributed by atoms with E-state index in [2.05, 4.69) is 19.2 Å². The lowest BCUT2D eigenvalue weighted by molar-refractivity contribution is -0.115. The first-order valence-corrected chi connectivity index (χ1v) is 8.99. The molecular formula is C19H23NO3S. The molecule has 1 amide bonds. The van der Waals surface area contributed by atoms with Crippen LogP contribution in [0.3, 0.4) is 0 Å². The van der Waals surface area contributed by atoms with E-state index < -0.39 is 0 Å². The van der Waals surface area contributed by atoms with Gasteiger partial charge in [-0.3, -0.25) is 9.59 Å². The van der Waals surface area contributed by atoms with Crippen molar-refractivity contribution in [3.8, 4) is 5.75 Å². The number of aromatic hydroxyl groups is 1. The molecule has 5 heteroatoms. The first kappa shape index (κ1) is 18.2. The standard InChI is InChI=1S/C19H23NO3S/c1-4-6-15-16(11-21)19(24-17(15)5-2)20-18(23)10-13-7-8-14(22)9-12(13)3/h7-9,11,22H,4-6,10H2,1-3H3,(H,20,23). The predicted octanol–water partition coefficient (Wildman–Crippen LogP) is 4.27. The van der Waals surface area contributed by atoms with Crippen LogP contribution in [0.2, 0.25) is 0 Å². The molecule has 4 nitrogen and oxygen atoms in total. The molecule has 2 N–H and O–H groups in total. The number of hydrogen-bond acceptors (Lipinski definition) is 4. The van der Waals surface area contributed by atoms with Gasteiger partial charge >= 0.3 is 0 Å². The molecule has 0 radical (unpaired) electrons. The van der Waals surface area contributed by atoms with Crippen LogP contribution in [0.15, 0.2) is 18.2 Å². The summed E-state index contributed by atoms with van der Waals surface area (Å²) in [6, 6.07) is 4.96. The summed E-state index contributed by atoms with van der Waals surface area (Å²) in [7, 11) is 0. The van der Waals surface area contributed by atoms with E-state index in [0.29, 0.717) is 10.6 Å². The van der Waals surface area contributed by atoms with E-state index >= 15 is 0 Å². The number of aryl methyl sites for hydroxylation is 2. The lowest BCUT2D eigenvalue weighted by Crippen LogP contribution is -2.15. The van der Waals surface area contributed by atoms with E-state index in [1.165, 1.54) is 11.3 Å². The number of nitrogens with one attached hydrogen (secondary N) is 1. The highest BCUT2D eigenvalue weighted by atomic mass is 32.1. The summed E-state index contributed by atoms with van der Waals surface area (Å²) >= 11 is 1.49. The fraction of sp³-hybridized carbons (Fsp3) is 0.368. The molecule has 0 unspecified atom stereocenters. The molecule has 2 rings (SSSR count). The molecule has 1 aromatic carbocycles. The SMILES string of the molecule is CCCc1c(CC)sc(NC(=O)Cc2ccc(O)cc2C)c1C=O. The van der Waals surface area contributed by atoms with Gasteiger partial charge in [0, 0.05) is 4.88 Å². The van der Waals surface area contributed by atoms with Crippen LogP contribution < -0.4 is 5.32 Å². The number of rotatable bonds is 7. The van der Waals surface area contributed by atoms with Crippen molar-refractivity contribution in [2.24, 2.45) is 0 Å². The van der Waals surface area contributed by atoms with Gasteiger partial charge in [-0.05, 0) is 48.6 Å². The number of carbonyl (C=O) groups excluding carboxylic acids is 2. The van der Waals surface area contributed by atoms with Gasteiger partial charge in [0.2, 0.25) is 5.91 Å². The second-order valence-electron chi connectivity index (χ2n) is 5.80. The molecule has 0 atom stereocenters. The number of phenolic OH excluding ortho intramolecular Hbond substituents is 1. The van der Waals surface area contributed by atoms with Crippen molar-refractivity contribution in [1.29, 1.82) is 0 Å². The number of aldehydes is 1. The molecule has 0 saturated heterocycles. The van der Waals surface area contributed by atoms with E-state index in [0.717, 1.165) is 47.1 Å². The molecule has 0 bridgehead atoms. The zero-order chi connectivity index (χ0) is 17.7. The molecule has 1 aromatic heterocycles. The summed E-state index contributed by atoms with van der Waals surface area (Å²) in [5, 5.41) is 13.0. The number of hydrogen-bond donors (Lipinski definition) is 2. The number of carbonyl (C=O) groups is 2. The number of benzene rings is 1. The fourth-order valence-electron chi connectivity index (χ4n) is 2.78. The van der Waals surface area contributed by atoms with Crippen LogP contribution in [0.4, 0.5) is 5.00 Å². The van der Waals surface area contributed by atoms with Gasteiger partial charge in [0.05, 0.1) is 12.0 Å². The second kappa shape index (κ2) is 8.11. The topological polar surface area (TPSA) is 66.4 Å². The van der Waals surface area contributed by atoms with Crippen molar-refractivity contribution in [3.63, 3.8) is 0 Å². The lowest BCUT2D eigenvalue weighted by Gasteiger charge is -2.07. The lowest BCUT2D eigenvalue weighted by atomic mass is 10.0. The third-order valence-corrected chi connectivity index (χ3v) is 5.31. The first-order chi connectivity index (χ1) is 11.5. The molecule has 0 spiro atoms. The van der Waals surface area contributed by atoms with Gasteiger partial charge in [0.25, 0.3) is 0 Å². The minimum absolute atomic E-state index is 0.154. The van der Waals surface area contributed by atoms with Crippen LogP contribution in [-0.4, -0.2) is 17.3 Å². The van der Waals surface area contributed by atoms with Crippen molar-refractivity contribution in [1.82, 2.24) is 0 Å². The highest BCUT2D eigenvalue weighted by Gasteiger charge is 2.18. The van der Waals surface area contributed by atoms with Crippen molar-refractivity contribution < 1.29 is 14.7 Å². The minimum Gasteiger partial charge on any atom is -0.508 e. The number of phenols is 1. The molecule has 0 fully saturated rings. The van der Waals surface area contributed by atoms with Crippen LogP contribution in [0.5, 0.6) is 5.75 Å². The van der Waals surface area contributed by atoms with Crippen molar-refractivity contribution in [3.05, 3.63) is 45.3 Å². The zero-order valence-corrected chi connectivity index (χ0v) is 15.1. The van der Waals surface area contributed by atoms with Crippen LogP contribution in [0, 0.1) is 6.92 Å². The summed E-state index contributed by atoms with van der Waals surface area (Å²) in [5.74, 6) is 0.0359. The quantitative estimate of drug-likeness (QED) is 0.737. The number of thiophene rings is 1. The van der Waals surface area contributed by atoms with Gasteiger partial charge < -0.3 is 10.4 Å². The highest BCUT2D eigenvalue weighted by molar-refractivity contribution is 7.16. The average Bonchev–Trinajstić information content (AvgIpc) is 2.87. The van der Waals surface area contributed by atoms with E-state index in [9.17, 15) is 14.7 Å². The molecule has 0 aliphatic rings. The molecule has 0 aliphatic heterocycles. The Morgan fingerprint density at radius 1 is 1.33 bits per heavy atom. The van der Waals surface area contributed by atoms with Gasteiger partial charge in [-0.15, -0.1) is 11.3 Å². The van der Waals surface area contributed by atoms with Crippen molar-refractivity contribution >= 4 is 28.5 Å². The van der Waals surface area contributed by atoms with Gasteiger partial charge in [0.1, 0.15) is 10.8 Å². The second-order valence-corrected chi connectivity index (χ2v) is 6.91. The summed E-state index contributed by atoms with van der Waals surface area (Å²) in [6.07, 6.45) is 3.73. The van der Waals surface area contributed by atoms with Crippen molar-refractivity contribution in [2.75, 3.05) is 5.32 Å². The molecule has 128 valence electrons. The maximum atomic E-state index is 12.4. The number of anilines is 1. The Morgan fingerprint density at radius 3 is 2.67 bits per heavy atom. The summed E-state index contributed by atoms with van der Waals surface area (Å²) in [6.45, 7) is 6.00. The summed E-state index contributed by atoms with van der Waals surface area (Å²) in [4.78, 5) is 25.0. The molecule has 24 heavy (non-hydrogen) atoms. The van der Waals surface area contributed by atoms with E-state index in [4.69, 9.17) is 0 Å². The van der Waals surface area contributed by atoms with E-state index in [1.54, 1.807) is 18.2 Å². The van der Waals surface area contributed by atoms with E-state index in [1.807, 2.05) is 6.92 Å². The molecule has 1 heterocycles. The number of amides is 1. The fourth-order valence-corrected chi connectivity index (χ4v) is 3.95. The Hall–Kier alpha value is -2.14. The summed E-state index contributed by atoms with van der Waals surface area (Å²) in [5.41, 5.74) is 3.41. The van der Waals surface area contributed by atoms with E-state index in [-0.39, 0.29) is 18.1 Å². The van der Waals surface area contributed by atoms with Gasteiger partial charge in [-0.1, -0.05) is 26.3 Å². The Morgan fingerprint density at radius 2 is 2.08 bits per heavy atom. The Labute approximate surface area is 146 Å². The molecular weight excluding hydrogens is 322 g/mol. The first-order valence-electron chi connectivity index (χ1n) is 8.18. The zero-order valence-electron chi connectivity index (χ0n) is 14.3. The third kappa shape index (κ3) is 4.03. The third-order valence-electron chi connectivity index (χ3n) is 4.00. The van der Waals surface area contributed by atoms with Crippen molar-refractivity contribution in [2.45, 2.75) is 46.5 Å². The summed E-state index contributed by atoms with van der Waals surface area (Å²) < 4.78 is 0. The molecule has 2 aromatic rings. The predicted molar refractivity (Wildman–Crippen MR) is 98.3 cm³/mol. The Bertz CT molecular complexity index is 749. The van der Waals surface area contributed by atoms with Gasteiger partial charge in [-0.25, -0.2) is 0 Å². The van der Waals surface area contributed by atoms with Crippen LogP contribution in [-0.2, 0) is 24.1 Å². The average molecular weight is 345 g/mol. The highest BCUT2D eigenvalue weighted by Crippen LogP contribution is 2.34. The Kier molecular flexibility index (Phi) is 6.15. The minimum atomic E-state index is -0.154. The van der Waals surface area contributed by atoms with Crippen LogP contribution >= 0.6 is 11.3 Å². The van der Waals surface area contributed by atoms with Gasteiger partial charge in [0.15, 0.2) is 6.29 Å². The normalized spacial score (nSPS) is 10.6. The maximum Gasteiger partial charge on any atom is 0.229 e. The Balaban J connectivity index is 2.20. The molecule has 0 saturated carbocycles.